The van der Waals surface area contributed by atoms with Crippen LogP contribution in [0, 0.1) is 9.39 Å². The third kappa shape index (κ3) is 2.69. The maximum Gasteiger partial charge on any atom is 0.224 e. The number of benzene rings is 2. The molecule has 0 saturated heterocycles. The average molecular weight is 400 g/mol. The molecule has 20 heavy (non-hydrogen) atoms. The molecule has 1 aromatic heterocycles. The highest BCUT2D eigenvalue weighted by Crippen LogP contribution is 2.27. The van der Waals surface area contributed by atoms with Crippen molar-refractivity contribution in [3.63, 3.8) is 0 Å². The summed E-state index contributed by atoms with van der Waals surface area (Å²) < 4.78 is 13.9. The molecule has 6 heteroatoms. The second-order valence-corrected chi connectivity index (χ2v) is 5.61. The summed E-state index contributed by atoms with van der Waals surface area (Å²) in [6.45, 7) is 0. The Morgan fingerprint density at radius 2 is 1.90 bits per heavy atom. The smallest absolute Gasteiger partial charge is 0.224 e. The Bertz CT molecular complexity index is 794. The summed E-state index contributed by atoms with van der Waals surface area (Å²) >= 11 is 8.00. The van der Waals surface area contributed by atoms with E-state index in [-0.39, 0.29) is 11.1 Å². The second kappa shape index (κ2) is 5.49. The summed E-state index contributed by atoms with van der Waals surface area (Å²) in [6.07, 6.45) is 0. The van der Waals surface area contributed by atoms with E-state index < -0.39 is 0 Å². The minimum Gasteiger partial charge on any atom is -0.339 e. The van der Waals surface area contributed by atoms with Crippen LogP contribution in [0.25, 0.3) is 10.9 Å². The van der Waals surface area contributed by atoms with Crippen LogP contribution >= 0.6 is 34.2 Å². The van der Waals surface area contributed by atoms with Crippen LogP contribution in [0.1, 0.15) is 0 Å². The first kappa shape index (κ1) is 13.5. The lowest BCUT2D eigenvalue weighted by Gasteiger charge is -2.10. The number of halogens is 3. The van der Waals surface area contributed by atoms with Crippen LogP contribution in [-0.4, -0.2) is 9.97 Å². The first-order valence-corrected chi connectivity index (χ1v) is 7.23. The fourth-order valence-corrected chi connectivity index (χ4v) is 2.65. The topological polar surface area (TPSA) is 37.8 Å². The van der Waals surface area contributed by atoms with E-state index in [1.807, 2.05) is 24.3 Å². The summed E-state index contributed by atoms with van der Waals surface area (Å²) in [5.74, 6) is 0.329. The van der Waals surface area contributed by atoms with Crippen molar-refractivity contribution in [3.8, 4) is 0 Å². The number of aromatic nitrogens is 2. The lowest BCUT2D eigenvalue weighted by atomic mass is 10.2. The summed E-state index contributed by atoms with van der Waals surface area (Å²) in [7, 11) is 0. The molecule has 1 N–H and O–H groups in total. The molecule has 0 atom stereocenters. The first-order chi connectivity index (χ1) is 9.63. The predicted octanol–water partition coefficient (Wildman–Crippen LogP) is 4.77. The minimum absolute atomic E-state index is 0.170. The number of hydrogen-bond acceptors (Lipinski definition) is 3. The van der Waals surface area contributed by atoms with Gasteiger partial charge in [0.15, 0.2) is 0 Å². The number of hydrogen-bond donors (Lipinski definition) is 1. The molecular weight excluding hydrogens is 392 g/mol. The van der Waals surface area contributed by atoms with Gasteiger partial charge in [0.05, 0.1) is 11.2 Å². The maximum absolute atomic E-state index is 13.1. The van der Waals surface area contributed by atoms with Crippen molar-refractivity contribution >= 4 is 56.6 Å². The standard InChI is InChI=1S/C14H8ClFIN3/c15-14-19-11-4-2-1-3-9(11)13(20-14)18-12-6-5-8(16)7-10(12)17/h1-7H,(H,18,19,20). The highest BCUT2D eigenvalue weighted by atomic mass is 127. The number of nitrogens with one attached hydrogen (secondary N) is 1. The number of fused-ring (bicyclic) bond motifs is 1. The van der Waals surface area contributed by atoms with Crippen molar-refractivity contribution in [2.45, 2.75) is 0 Å². The molecule has 0 aliphatic heterocycles. The van der Waals surface area contributed by atoms with Crippen molar-refractivity contribution in [1.29, 1.82) is 0 Å². The van der Waals surface area contributed by atoms with E-state index >= 15 is 0 Å². The summed E-state index contributed by atoms with van der Waals surface area (Å²) in [5, 5.41) is 4.20. The van der Waals surface area contributed by atoms with Gasteiger partial charge in [-0.2, -0.15) is 4.98 Å². The van der Waals surface area contributed by atoms with Crippen LogP contribution in [0.4, 0.5) is 15.9 Å². The Balaban J connectivity index is 2.10. The monoisotopic (exact) mass is 399 g/mol. The molecule has 3 rings (SSSR count). The van der Waals surface area contributed by atoms with Gasteiger partial charge in [0, 0.05) is 8.96 Å². The number of anilines is 2. The van der Waals surface area contributed by atoms with E-state index in [0.717, 1.165) is 20.2 Å². The van der Waals surface area contributed by atoms with E-state index in [9.17, 15) is 4.39 Å². The van der Waals surface area contributed by atoms with Crippen LogP contribution in [0.3, 0.4) is 0 Å². The Labute approximate surface area is 133 Å². The second-order valence-electron chi connectivity index (χ2n) is 4.11. The van der Waals surface area contributed by atoms with E-state index in [0.29, 0.717) is 5.82 Å². The van der Waals surface area contributed by atoms with Crippen LogP contribution < -0.4 is 5.32 Å². The Hall–Kier alpha value is -1.47. The first-order valence-electron chi connectivity index (χ1n) is 5.78. The number of rotatable bonds is 2. The highest BCUT2D eigenvalue weighted by molar-refractivity contribution is 14.1. The molecule has 0 bridgehead atoms. The molecule has 0 fully saturated rings. The molecule has 0 spiro atoms. The molecule has 0 radical (unpaired) electrons. The molecule has 0 aliphatic rings. The Kier molecular flexibility index (Phi) is 3.71. The van der Waals surface area contributed by atoms with E-state index in [4.69, 9.17) is 11.6 Å². The van der Waals surface area contributed by atoms with Gasteiger partial charge >= 0.3 is 0 Å². The van der Waals surface area contributed by atoms with Gasteiger partial charge < -0.3 is 5.32 Å². The molecule has 2 aromatic carbocycles. The Morgan fingerprint density at radius 1 is 1.10 bits per heavy atom. The quantitative estimate of drug-likeness (QED) is 0.498. The molecule has 0 aliphatic carbocycles. The third-order valence-electron chi connectivity index (χ3n) is 2.76. The molecule has 100 valence electrons. The third-order valence-corrected chi connectivity index (χ3v) is 3.82. The zero-order valence-corrected chi connectivity index (χ0v) is 13.0. The Morgan fingerprint density at radius 3 is 2.70 bits per heavy atom. The zero-order chi connectivity index (χ0) is 14.1. The zero-order valence-electron chi connectivity index (χ0n) is 10.1. The molecule has 0 unspecified atom stereocenters. The fraction of sp³-hybridized carbons (Fsp3) is 0. The fourth-order valence-electron chi connectivity index (χ4n) is 1.86. The van der Waals surface area contributed by atoms with Crippen LogP contribution in [-0.2, 0) is 0 Å². The van der Waals surface area contributed by atoms with Gasteiger partial charge in [0.2, 0.25) is 5.28 Å². The van der Waals surface area contributed by atoms with Gasteiger partial charge in [-0.1, -0.05) is 12.1 Å². The highest BCUT2D eigenvalue weighted by Gasteiger charge is 2.08. The number of para-hydroxylation sites is 1. The van der Waals surface area contributed by atoms with Crippen molar-refractivity contribution in [3.05, 3.63) is 57.1 Å². The van der Waals surface area contributed by atoms with Crippen molar-refractivity contribution in [1.82, 2.24) is 9.97 Å². The predicted molar refractivity (Wildman–Crippen MR) is 86.9 cm³/mol. The lowest BCUT2D eigenvalue weighted by molar-refractivity contribution is 0.627. The normalized spacial score (nSPS) is 10.8. The molecule has 0 saturated carbocycles. The van der Waals surface area contributed by atoms with Gasteiger partial charge in [-0.3, -0.25) is 0 Å². The van der Waals surface area contributed by atoms with Crippen molar-refractivity contribution in [2.75, 3.05) is 5.32 Å². The molecular formula is C14H8ClFIN3. The van der Waals surface area contributed by atoms with E-state index in [1.165, 1.54) is 12.1 Å². The summed E-state index contributed by atoms with van der Waals surface area (Å²) in [5.41, 5.74) is 1.53. The summed E-state index contributed by atoms with van der Waals surface area (Å²) in [4.78, 5) is 8.37. The minimum atomic E-state index is -0.273. The maximum atomic E-state index is 13.1. The van der Waals surface area contributed by atoms with Gasteiger partial charge in [0.25, 0.3) is 0 Å². The SMILES string of the molecule is Fc1ccc(Nc2nc(Cl)nc3ccccc23)c(I)c1. The van der Waals surface area contributed by atoms with Crippen molar-refractivity contribution < 1.29 is 4.39 Å². The molecule has 3 aromatic rings. The van der Waals surface area contributed by atoms with Gasteiger partial charge in [-0.25, -0.2) is 9.37 Å². The average Bonchev–Trinajstić information content (AvgIpc) is 2.41. The molecule has 1 heterocycles. The molecule has 0 amide bonds. The van der Waals surface area contributed by atoms with Crippen LogP contribution in [0.5, 0.6) is 0 Å². The lowest BCUT2D eigenvalue weighted by Crippen LogP contribution is -1.99. The number of nitrogens with zero attached hydrogens (tertiary/aromatic N) is 2. The van der Waals surface area contributed by atoms with Gasteiger partial charge in [-0.15, -0.1) is 0 Å². The van der Waals surface area contributed by atoms with Crippen molar-refractivity contribution in [2.24, 2.45) is 0 Å². The van der Waals surface area contributed by atoms with Gasteiger partial charge in [-0.05, 0) is 64.5 Å². The summed E-state index contributed by atoms with van der Waals surface area (Å²) in [6, 6.07) is 12.1. The van der Waals surface area contributed by atoms with Crippen LogP contribution in [0.15, 0.2) is 42.5 Å². The molecule has 3 nitrogen and oxygen atoms in total. The largest absolute Gasteiger partial charge is 0.339 e. The van der Waals surface area contributed by atoms with E-state index in [1.54, 1.807) is 6.07 Å². The van der Waals surface area contributed by atoms with Crippen LogP contribution in [0.2, 0.25) is 5.28 Å². The van der Waals surface area contributed by atoms with E-state index in [2.05, 4.69) is 37.9 Å². The van der Waals surface area contributed by atoms with Gasteiger partial charge in [0.1, 0.15) is 11.6 Å².